The van der Waals surface area contributed by atoms with E-state index < -0.39 is 0 Å². The van der Waals surface area contributed by atoms with Crippen molar-refractivity contribution >= 4 is 0 Å². The zero-order valence-corrected chi connectivity index (χ0v) is 9.88. The van der Waals surface area contributed by atoms with Crippen molar-refractivity contribution < 1.29 is 14.2 Å². The minimum atomic E-state index is 0.555. The number of rotatable bonds is 4. The van der Waals surface area contributed by atoms with Gasteiger partial charge in [-0.3, -0.25) is 0 Å². The lowest BCUT2D eigenvalue weighted by atomic mass is 10.2. The van der Waals surface area contributed by atoms with Gasteiger partial charge in [0.25, 0.3) is 0 Å². The Hall–Kier alpha value is -2.24. The van der Waals surface area contributed by atoms with Crippen LogP contribution in [0.3, 0.4) is 0 Å². The molecule has 0 aliphatic rings. The Morgan fingerprint density at radius 3 is 2.06 bits per heavy atom. The Morgan fingerprint density at radius 1 is 1.00 bits per heavy atom. The molecule has 0 saturated heterocycles. The van der Waals surface area contributed by atoms with Gasteiger partial charge in [-0.25, -0.2) is 4.68 Å². The lowest BCUT2D eigenvalue weighted by Crippen LogP contribution is -2.00. The average Bonchev–Trinajstić information content (AvgIpc) is 2.90. The maximum atomic E-state index is 5.25. The first-order chi connectivity index (χ1) is 8.30. The monoisotopic (exact) mass is 235 g/mol. The van der Waals surface area contributed by atoms with Gasteiger partial charge in [0.05, 0.1) is 39.4 Å². The smallest absolute Gasteiger partial charge is 0.203 e. The molecule has 0 aliphatic heterocycles. The third-order valence-corrected chi connectivity index (χ3v) is 2.34. The molecule has 6 nitrogen and oxygen atoms in total. The zero-order valence-electron chi connectivity index (χ0n) is 9.88. The normalized spacial score (nSPS) is 10.1. The van der Waals surface area contributed by atoms with Gasteiger partial charge < -0.3 is 14.2 Å². The van der Waals surface area contributed by atoms with Crippen molar-refractivity contribution in [3.05, 3.63) is 24.5 Å². The van der Waals surface area contributed by atoms with E-state index in [9.17, 15) is 0 Å². The molecule has 0 fully saturated rings. The number of benzene rings is 1. The second kappa shape index (κ2) is 4.73. The van der Waals surface area contributed by atoms with E-state index in [1.807, 2.05) is 0 Å². The second-order valence-electron chi connectivity index (χ2n) is 3.23. The minimum absolute atomic E-state index is 0.555. The zero-order chi connectivity index (χ0) is 12.3. The topological polar surface area (TPSA) is 58.4 Å². The Bertz CT molecular complexity index is 472. The molecule has 17 heavy (non-hydrogen) atoms. The van der Waals surface area contributed by atoms with Crippen molar-refractivity contribution in [3.8, 4) is 22.9 Å². The predicted molar refractivity (Wildman–Crippen MR) is 61.0 cm³/mol. The van der Waals surface area contributed by atoms with Crippen LogP contribution in [0.4, 0.5) is 0 Å². The van der Waals surface area contributed by atoms with Crippen LogP contribution in [0.1, 0.15) is 0 Å². The number of ether oxygens (including phenoxy) is 3. The average molecular weight is 235 g/mol. The maximum Gasteiger partial charge on any atom is 0.203 e. The van der Waals surface area contributed by atoms with E-state index in [1.165, 1.54) is 0 Å². The van der Waals surface area contributed by atoms with Crippen molar-refractivity contribution in [3.63, 3.8) is 0 Å². The van der Waals surface area contributed by atoms with Gasteiger partial charge in [0.1, 0.15) is 0 Å². The Labute approximate surface area is 98.7 Å². The third kappa shape index (κ3) is 2.01. The predicted octanol–water partition coefficient (Wildman–Crippen LogP) is 1.29. The Kier molecular flexibility index (Phi) is 3.13. The third-order valence-electron chi connectivity index (χ3n) is 2.34. The van der Waals surface area contributed by atoms with Crippen LogP contribution in [-0.4, -0.2) is 36.3 Å². The highest BCUT2D eigenvalue weighted by molar-refractivity contribution is 5.57. The fraction of sp³-hybridized carbons (Fsp3) is 0.273. The quantitative estimate of drug-likeness (QED) is 0.799. The standard InChI is InChI=1S/C11H13N3O3/c1-15-9-6-8(14-5-4-12-13-14)7-10(16-2)11(9)17-3/h4-7H,1-3H3. The number of hydrogen-bond donors (Lipinski definition) is 0. The summed E-state index contributed by atoms with van der Waals surface area (Å²) in [6, 6.07) is 3.60. The molecule has 0 N–H and O–H groups in total. The molecule has 0 amide bonds. The van der Waals surface area contributed by atoms with Gasteiger partial charge in [0, 0.05) is 12.1 Å². The molecule has 0 atom stereocenters. The number of aromatic nitrogens is 3. The summed E-state index contributed by atoms with van der Waals surface area (Å²) >= 11 is 0. The van der Waals surface area contributed by atoms with Crippen molar-refractivity contribution in [1.29, 1.82) is 0 Å². The summed E-state index contributed by atoms with van der Waals surface area (Å²) in [5, 5.41) is 7.66. The minimum Gasteiger partial charge on any atom is -0.493 e. The van der Waals surface area contributed by atoms with E-state index in [4.69, 9.17) is 14.2 Å². The van der Waals surface area contributed by atoms with E-state index in [2.05, 4.69) is 10.3 Å². The van der Waals surface area contributed by atoms with Gasteiger partial charge in [0.15, 0.2) is 11.5 Å². The molecule has 90 valence electrons. The van der Waals surface area contributed by atoms with Crippen LogP contribution in [0.2, 0.25) is 0 Å². The van der Waals surface area contributed by atoms with Crippen LogP contribution in [0.25, 0.3) is 5.69 Å². The highest BCUT2D eigenvalue weighted by atomic mass is 16.5. The molecular formula is C11H13N3O3. The van der Waals surface area contributed by atoms with Crippen LogP contribution in [0, 0.1) is 0 Å². The van der Waals surface area contributed by atoms with Gasteiger partial charge in [-0.1, -0.05) is 5.21 Å². The fourth-order valence-electron chi connectivity index (χ4n) is 1.55. The first-order valence-electron chi connectivity index (χ1n) is 4.97. The van der Waals surface area contributed by atoms with Gasteiger partial charge in [0.2, 0.25) is 5.75 Å². The molecule has 2 aromatic rings. The van der Waals surface area contributed by atoms with Crippen molar-refractivity contribution in [2.45, 2.75) is 0 Å². The second-order valence-corrected chi connectivity index (χ2v) is 3.23. The number of methoxy groups -OCH3 is 3. The van der Waals surface area contributed by atoms with Gasteiger partial charge in [-0.05, 0) is 0 Å². The first kappa shape index (κ1) is 11.3. The molecular weight excluding hydrogens is 222 g/mol. The molecule has 0 spiro atoms. The fourth-order valence-corrected chi connectivity index (χ4v) is 1.55. The molecule has 0 bridgehead atoms. The van der Waals surface area contributed by atoms with Crippen LogP contribution in [0.15, 0.2) is 24.5 Å². The first-order valence-corrected chi connectivity index (χ1v) is 4.97. The van der Waals surface area contributed by atoms with E-state index in [-0.39, 0.29) is 0 Å². The molecule has 1 aromatic carbocycles. The van der Waals surface area contributed by atoms with Crippen LogP contribution >= 0.6 is 0 Å². The van der Waals surface area contributed by atoms with Crippen molar-refractivity contribution in [1.82, 2.24) is 15.0 Å². The Morgan fingerprint density at radius 2 is 1.65 bits per heavy atom. The molecule has 0 unspecified atom stereocenters. The molecule has 6 heteroatoms. The van der Waals surface area contributed by atoms with Crippen LogP contribution in [0.5, 0.6) is 17.2 Å². The van der Waals surface area contributed by atoms with Crippen LogP contribution < -0.4 is 14.2 Å². The maximum absolute atomic E-state index is 5.25. The summed E-state index contributed by atoms with van der Waals surface area (Å²) in [5.41, 5.74) is 0.789. The van der Waals surface area contributed by atoms with E-state index >= 15 is 0 Å². The summed E-state index contributed by atoms with van der Waals surface area (Å²) < 4.78 is 17.4. The number of nitrogens with zero attached hydrogens (tertiary/aromatic N) is 3. The van der Waals surface area contributed by atoms with E-state index in [0.29, 0.717) is 17.2 Å². The highest BCUT2D eigenvalue weighted by Crippen LogP contribution is 2.38. The summed E-state index contributed by atoms with van der Waals surface area (Å²) in [7, 11) is 4.71. The lowest BCUT2D eigenvalue weighted by Gasteiger charge is -2.13. The number of hydrogen-bond acceptors (Lipinski definition) is 5. The molecule has 1 heterocycles. The van der Waals surface area contributed by atoms with Gasteiger partial charge in [-0.15, -0.1) is 5.10 Å². The molecule has 0 aliphatic carbocycles. The van der Waals surface area contributed by atoms with Crippen molar-refractivity contribution in [2.75, 3.05) is 21.3 Å². The Balaban J connectivity index is 2.56. The summed E-state index contributed by atoms with van der Waals surface area (Å²) in [5.74, 6) is 1.72. The van der Waals surface area contributed by atoms with Crippen LogP contribution in [-0.2, 0) is 0 Å². The SMILES string of the molecule is COc1cc(-n2ccnn2)cc(OC)c1OC. The summed E-state index contributed by atoms with van der Waals surface area (Å²) in [4.78, 5) is 0. The molecule has 1 aromatic heterocycles. The summed E-state index contributed by atoms with van der Waals surface area (Å²) in [6.07, 6.45) is 3.34. The summed E-state index contributed by atoms with van der Waals surface area (Å²) in [6.45, 7) is 0. The van der Waals surface area contributed by atoms with Crippen molar-refractivity contribution in [2.24, 2.45) is 0 Å². The van der Waals surface area contributed by atoms with Gasteiger partial charge in [-0.2, -0.15) is 0 Å². The van der Waals surface area contributed by atoms with E-state index in [0.717, 1.165) is 5.69 Å². The largest absolute Gasteiger partial charge is 0.493 e. The molecule has 0 radical (unpaired) electrons. The molecule has 0 saturated carbocycles. The lowest BCUT2D eigenvalue weighted by molar-refractivity contribution is 0.324. The van der Waals surface area contributed by atoms with Gasteiger partial charge >= 0.3 is 0 Å². The molecule has 2 rings (SSSR count). The highest BCUT2D eigenvalue weighted by Gasteiger charge is 2.14. The van der Waals surface area contributed by atoms with E-state index in [1.54, 1.807) is 50.5 Å².